The Morgan fingerprint density at radius 1 is 1.17 bits per heavy atom. The van der Waals surface area contributed by atoms with Crippen molar-refractivity contribution in [2.45, 2.75) is 44.3 Å². The van der Waals surface area contributed by atoms with E-state index in [1.807, 2.05) is 0 Å². The maximum absolute atomic E-state index is 11.8. The van der Waals surface area contributed by atoms with E-state index in [9.17, 15) is 9.59 Å². The van der Waals surface area contributed by atoms with Crippen LogP contribution < -0.4 is 20.1 Å². The number of amides is 2. The van der Waals surface area contributed by atoms with Gasteiger partial charge < -0.3 is 25.2 Å². The number of fused-ring (bicyclic) bond motifs is 1. The number of urea groups is 1. The quantitative estimate of drug-likeness (QED) is 0.725. The monoisotopic (exact) mass is 320 g/mol. The zero-order valence-electron chi connectivity index (χ0n) is 12.8. The average molecular weight is 320 g/mol. The molecule has 7 heteroatoms. The predicted octanol–water partition coefficient (Wildman–Crippen LogP) is 2.71. The van der Waals surface area contributed by atoms with Gasteiger partial charge in [-0.3, -0.25) is 4.79 Å². The molecule has 0 aromatic heterocycles. The predicted molar refractivity (Wildman–Crippen MR) is 82.8 cm³/mol. The van der Waals surface area contributed by atoms with Gasteiger partial charge in [0.05, 0.1) is 0 Å². The van der Waals surface area contributed by atoms with Crippen LogP contribution in [-0.4, -0.2) is 29.4 Å². The van der Waals surface area contributed by atoms with Gasteiger partial charge in [0.2, 0.25) is 0 Å². The molecule has 23 heavy (non-hydrogen) atoms. The van der Waals surface area contributed by atoms with E-state index in [1.54, 1.807) is 18.2 Å². The Bertz CT molecular complexity index is 610. The highest BCUT2D eigenvalue weighted by atomic mass is 16.7. The van der Waals surface area contributed by atoms with Gasteiger partial charge in [-0.15, -0.1) is 0 Å². The van der Waals surface area contributed by atoms with Gasteiger partial charge in [0, 0.05) is 37.6 Å². The molecule has 2 amide bonds. The molecule has 7 nitrogen and oxygen atoms in total. The van der Waals surface area contributed by atoms with Gasteiger partial charge >= 0.3 is 12.0 Å². The van der Waals surface area contributed by atoms with Crippen molar-refractivity contribution in [2.24, 2.45) is 0 Å². The van der Waals surface area contributed by atoms with Crippen LogP contribution in [0, 0.1) is 0 Å². The maximum atomic E-state index is 11.8. The van der Waals surface area contributed by atoms with E-state index in [-0.39, 0.29) is 12.5 Å². The van der Waals surface area contributed by atoms with Crippen LogP contribution >= 0.6 is 0 Å². The van der Waals surface area contributed by atoms with E-state index in [0.29, 0.717) is 30.2 Å². The minimum absolute atomic E-state index is 0.0341. The number of nitrogens with one attached hydrogen (secondary N) is 2. The summed E-state index contributed by atoms with van der Waals surface area (Å²) in [6.07, 6.45) is 4.39. The van der Waals surface area contributed by atoms with E-state index < -0.39 is 11.8 Å². The van der Waals surface area contributed by atoms with Crippen molar-refractivity contribution >= 4 is 17.7 Å². The molecule has 0 radical (unpaired) electrons. The topological polar surface area (TPSA) is 96.9 Å². The summed E-state index contributed by atoms with van der Waals surface area (Å²) < 4.78 is 11.9. The fourth-order valence-electron chi connectivity index (χ4n) is 2.91. The lowest BCUT2D eigenvalue weighted by atomic mass is 10.2. The van der Waals surface area contributed by atoms with Crippen molar-refractivity contribution in [3.63, 3.8) is 0 Å². The number of carboxylic acids is 1. The van der Waals surface area contributed by atoms with Crippen LogP contribution in [0.5, 0.6) is 11.5 Å². The molecule has 0 saturated heterocycles. The third-order valence-electron chi connectivity index (χ3n) is 4.01. The van der Waals surface area contributed by atoms with Crippen LogP contribution in [-0.2, 0) is 4.79 Å². The van der Waals surface area contributed by atoms with Gasteiger partial charge in [0.1, 0.15) is 0 Å². The number of anilines is 1. The van der Waals surface area contributed by atoms with Gasteiger partial charge in [0.25, 0.3) is 5.79 Å². The number of carbonyl (C=O) groups excluding carboxylic acids is 1. The van der Waals surface area contributed by atoms with Gasteiger partial charge in [-0.25, -0.2) is 4.79 Å². The molecule has 1 aromatic rings. The van der Waals surface area contributed by atoms with Crippen molar-refractivity contribution in [1.29, 1.82) is 0 Å². The van der Waals surface area contributed by atoms with Crippen LogP contribution in [0.4, 0.5) is 10.5 Å². The Morgan fingerprint density at radius 2 is 1.91 bits per heavy atom. The van der Waals surface area contributed by atoms with Crippen LogP contribution in [0.15, 0.2) is 18.2 Å². The highest BCUT2D eigenvalue weighted by Gasteiger charge is 2.44. The number of benzene rings is 1. The second-order valence-corrected chi connectivity index (χ2v) is 5.86. The Morgan fingerprint density at radius 3 is 2.65 bits per heavy atom. The molecule has 1 aliphatic carbocycles. The summed E-state index contributed by atoms with van der Waals surface area (Å²) in [5, 5.41) is 13.9. The van der Waals surface area contributed by atoms with Crippen molar-refractivity contribution in [3.8, 4) is 11.5 Å². The highest BCUT2D eigenvalue weighted by Crippen LogP contribution is 2.47. The third-order valence-corrected chi connectivity index (χ3v) is 4.01. The molecular formula is C16H20N2O5. The van der Waals surface area contributed by atoms with Gasteiger partial charge in [-0.1, -0.05) is 0 Å². The normalized spacial score (nSPS) is 17.2. The lowest BCUT2D eigenvalue weighted by molar-refractivity contribution is -0.137. The standard InChI is InChI=1S/C16H20N2O5/c19-14(20)4-3-9-17-15(21)18-11-5-6-12-13(10-11)23-16(22-12)7-1-2-8-16/h5-6,10H,1-4,7-9H2,(H,19,20)(H2,17,18,21). The van der Waals surface area contributed by atoms with E-state index in [0.717, 1.165) is 25.7 Å². The third kappa shape index (κ3) is 3.67. The number of ether oxygens (including phenoxy) is 2. The summed E-state index contributed by atoms with van der Waals surface area (Å²) in [4.78, 5) is 22.2. The first-order valence-electron chi connectivity index (χ1n) is 7.85. The second-order valence-electron chi connectivity index (χ2n) is 5.86. The lowest BCUT2D eigenvalue weighted by Gasteiger charge is -2.21. The van der Waals surface area contributed by atoms with E-state index >= 15 is 0 Å². The van der Waals surface area contributed by atoms with E-state index in [4.69, 9.17) is 14.6 Å². The van der Waals surface area contributed by atoms with Crippen LogP contribution in [0.2, 0.25) is 0 Å². The van der Waals surface area contributed by atoms with E-state index in [1.165, 1.54) is 0 Å². The van der Waals surface area contributed by atoms with Crippen molar-refractivity contribution in [3.05, 3.63) is 18.2 Å². The van der Waals surface area contributed by atoms with Crippen molar-refractivity contribution in [1.82, 2.24) is 5.32 Å². The molecule has 0 atom stereocenters. The summed E-state index contributed by atoms with van der Waals surface area (Å²) >= 11 is 0. The van der Waals surface area contributed by atoms with Crippen LogP contribution in [0.25, 0.3) is 0 Å². The summed E-state index contributed by atoms with van der Waals surface area (Å²) in [6.45, 7) is 0.311. The molecule has 3 rings (SSSR count). The first-order chi connectivity index (χ1) is 11.1. The first kappa shape index (κ1) is 15.5. The summed E-state index contributed by atoms with van der Waals surface area (Å²) in [5.74, 6) is -0.0289. The Hall–Kier alpha value is -2.44. The highest BCUT2D eigenvalue weighted by molar-refractivity contribution is 5.89. The molecule has 1 heterocycles. The second kappa shape index (κ2) is 6.36. The number of aliphatic carboxylic acids is 1. The number of rotatable bonds is 5. The van der Waals surface area contributed by atoms with Gasteiger partial charge in [-0.2, -0.15) is 0 Å². The summed E-state index contributed by atoms with van der Waals surface area (Å²) in [7, 11) is 0. The fraction of sp³-hybridized carbons (Fsp3) is 0.500. The molecule has 124 valence electrons. The first-order valence-corrected chi connectivity index (χ1v) is 7.85. The minimum Gasteiger partial charge on any atom is -0.481 e. The lowest BCUT2D eigenvalue weighted by Crippen LogP contribution is -2.34. The average Bonchev–Trinajstić information content (AvgIpc) is 3.09. The van der Waals surface area contributed by atoms with Gasteiger partial charge in [-0.05, 0) is 31.4 Å². The Balaban J connectivity index is 1.52. The number of hydrogen-bond acceptors (Lipinski definition) is 4. The molecule has 1 spiro atoms. The SMILES string of the molecule is O=C(O)CCCNC(=O)Nc1ccc2c(c1)OC1(CCCC1)O2. The van der Waals surface area contributed by atoms with Crippen LogP contribution in [0.3, 0.4) is 0 Å². The summed E-state index contributed by atoms with van der Waals surface area (Å²) in [5.41, 5.74) is 0.609. The molecule has 1 aromatic carbocycles. The number of hydrogen-bond donors (Lipinski definition) is 3. The Labute approximate surface area is 134 Å². The molecule has 1 fully saturated rings. The van der Waals surface area contributed by atoms with Crippen LogP contribution in [0.1, 0.15) is 38.5 Å². The molecule has 2 aliphatic rings. The molecule has 3 N–H and O–H groups in total. The summed E-state index contributed by atoms with van der Waals surface area (Å²) in [6, 6.07) is 4.93. The largest absolute Gasteiger partial charge is 0.481 e. The fourth-order valence-corrected chi connectivity index (χ4v) is 2.91. The van der Waals surface area contributed by atoms with Crippen molar-refractivity contribution in [2.75, 3.05) is 11.9 Å². The zero-order chi connectivity index (χ0) is 16.3. The smallest absolute Gasteiger partial charge is 0.319 e. The maximum Gasteiger partial charge on any atom is 0.319 e. The molecule has 0 unspecified atom stereocenters. The van der Waals surface area contributed by atoms with Gasteiger partial charge in [0.15, 0.2) is 11.5 Å². The molecule has 1 saturated carbocycles. The number of carboxylic acid groups (broad SMARTS) is 1. The molecule has 1 aliphatic heterocycles. The Kier molecular flexibility index (Phi) is 4.27. The number of carbonyl (C=O) groups is 2. The molecule has 0 bridgehead atoms. The van der Waals surface area contributed by atoms with Crippen molar-refractivity contribution < 1.29 is 24.2 Å². The minimum atomic E-state index is -0.871. The van der Waals surface area contributed by atoms with E-state index in [2.05, 4.69) is 10.6 Å². The molecular weight excluding hydrogens is 300 g/mol. The zero-order valence-corrected chi connectivity index (χ0v) is 12.8.